The Kier molecular flexibility index (Phi) is 3.92. The van der Waals surface area contributed by atoms with Crippen LogP contribution >= 0.6 is 15.9 Å². The van der Waals surface area contributed by atoms with Crippen LogP contribution in [0, 0.1) is 6.92 Å². The van der Waals surface area contributed by atoms with Crippen LogP contribution in [0.3, 0.4) is 0 Å². The Morgan fingerprint density at radius 2 is 2.00 bits per heavy atom. The number of nitrogens with one attached hydrogen (secondary N) is 1. The summed E-state index contributed by atoms with van der Waals surface area (Å²) in [6, 6.07) is 9.07. The van der Waals surface area contributed by atoms with Crippen molar-refractivity contribution < 1.29 is 9.26 Å². The van der Waals surface area contributed by atoms with E-state index in [0.717, 1.165) is 4.47 Å². The first kappa shape index (κ1) is 14.3. The average molecular weight is 362 g/mol. The van der Waals surface area contributed by atoms with E-state index >= 15 is 0 Å². The van der Waals surface area contributed by atoms with Crippen molar-refractivity contribution in [1.29, 1.82) is 0 Å². The third-order valence-electron chi connectivity index (χ3n) is 2.75. The van der Waals surface area contributed by atoms with E-state index < -0.39 is 0 Å². The molecule has 1 aromatic carbocycles. The van der Waals surface area contributed by atoms with Crippen LogP contribution in [0.4, 0.5) is 17.3 Å². The number of nitrogens with zero attached hydrogens (tertiary/aromatic N) is 3. The fourth-order valence-electron chi connectivity index (χ4n) is 1.72. The van der Waals surface area contributed by atoms with E-state index in [1.807, 2.05) is 12.1 Å². The average Bonchev–Trinajstić information content (AvgIpc) is 2.91. The summed E-state index contributed by atoms with van der Waals surface area (Å²) in [5.74, 6) is 2.48. The van der Waals surface area contributed by atoms with Crippen molar-refractivity contribution in [1.82, 2.24) is 15.1 Å². The Morgan fingerprint density at radius 3 is 2.68 bits per heavy atom. The molecule has 0 spiro atoms. The maximum absolute atomic E-state index is 6.04. The van der Waals surface area contributed by atoms with E-state index in [0.29, 0.717) is 23.1 Å². The molecule has 0 aliphatic heterocycles. The first-order chi connectivity index (χ1) is 10.6. The Morgan fingerprint density at radius 1 is 1.23 bits per heavy atom. The third-order valence-corrected chi connectivity index (χ3v) is 3.28. The molecule has 3 rings (SSSR count). The van der Waals surface area contributed by atoms with Gasteiger partial charge in [-0.1, -0.05) is 21.1 Å². The molecular formula is C14H12BrN5O2. The largest absolute Gasteiger partial charge is 0.437 e. The first-order valence-corrected chi connectivity index (χ1v) is 7.15. The lowest BCUT2D eigenvalue weighted by Crippen LogP contribution is -2.03. The zero-order chi connectivity index (χ0) is 15.5. The maximum atomic E-state index is 6.04. The summed E-state index contributed by atoms with van der Waals surface area (Å²) in [6.45, 7) is 1.80. The Hall–Kier alpha value is -2.61. The van der Waals surface area contributed by atoms with Gasteiger partial charge >= 0.3 is 0 Å². The third kappa shape index (κ3) is 3.17. The minimum atomic E-state index is 0.264. The number of nitrogen functional groups attached to an aromatic ring is 1. The van der Waals surface area contributed by atoms with Gasteiger partial charge in [0, 0.05) is 10.5 Å². The molecule has 0 bridgehead atoms. The Bertz CT molecular complexity index is 788. The van der Waals surface area contributed by atoms with Crippen molar-refractivity contribution in [2.24, 2.45) is 0 Å². The number of halogens is 1. The zero-order valence-electron chi connectivity index (χ0n) is 11.6. The number of aromatic nitrogens is 3. The summed E-state index contributed by atoms with van der Waals surface area (Å²) in [4.78, 5) is 8.13. The molecule has 0 atom stereocenters. The van der Waals surface area contributed by atoms with Crippen LogP contribution in [0.15, 0.2) is 45.7 Å². The van der Waals surface area contributed by atoms with Gasteiger partial charge in [-0.3, -0.25) is 0 Å². The van der Waals surface area contributed by atoms with Gasteiger partial charge in [0.25, 0.3) is 0 Å². The molecule has 0 radical (unpaired) electrons. The minimum Gasteiger partial charge on any atom is -0.437 e. The number of rotatable bonds is 4. The highest BCUT2D eigenvalue weighted by atomic mass is 79.9. The summed E-state index contributed by atoms with van der Waals surface area (Å²) < 4.78 is 11.6. The summed E-state index contributed by atoms with van der Waals surface area (Å²) in [6.07, 6.45) is 1.36. The van der Waals surface area contributed by atoms with E-state index in [4.69, 9.17) is 15.0 Å². The predicted octanol–water partition coefficient (Wildman–Crippen LogP) is 3.65. The van der Waals surface area contributed by atoms with E-state index in [1.54, 1.807) is 25.1 Å². The second-order valence-electron chi connectivity index (χ2n) is 4.44. The fourth-order valence-corrected chi connectivity index (χ4v) is 1.99. The second kappa shape index (κ2) is 6.02. The molecule has 22 heavy (non-hydrogen) atoms. The molecule has 0 aliphatic carbocycles. The van der Waals surface area contributed by atoms with Crippen molar-refractivity contribution in [3.8, 4) is 11.6 Å². The van der Waals surface area contributed by atoms with E-state index in [-0.39, 0.29) is 11.6 Å². The highest BCUT2D eigenvalue weighted by Gasteiger charge is 2.12. The minimum absolute atomic E-state index is 0.264. The fraction of sp³-hybridized carbons (Fsp3) is 0.0714. The lowest BCUT2D eigenvalue weighted by Gasteiger charge is -2.10. The SMILES string of the molecule is Cc1cc(Nc2ncnc(Oc3ccc(Br)cc3)c2N)no1. The topological polar surface area (TPSA) is 99.1 Å². The molecule has 0 unspecified atom stereocenters. The highest BCUT2D eigenvalue weighted by Crippen LogP contribution is 2.31. The first-order valence-electron chi connectivity index (χ1n) is 6.36. The molecule has 0 fully saturated rings. The van der Waals surface area contributed by atoms with Gasteiger partial charge in [0.1, 0.15) is 23.5 Å². The van der Waals surface area contributed by atoms with E-state index in [2.05, 4.69) is 36.4 Å². The van der Waals surface area contributed by atoms with E-state index in [1.165, 1.54) is 6.33 Å². The number of aryl methyl sites for hydroxylation is 1. The van der Waals surface area contributed by atoms with Gasteiger partial charge in [0.15, 0.2) is 11.6 Å². The van der Waals surface area contributed by atoms with Gasteiger partial charge in [-0.25, -0.2) is 4.98 Å². The van der Waals surface area contributed by atoms with Crippen molar-refractivity contribution in [3.63, 3.8) is 0 Å². The summed E-state index contributed by atoms with van der Waals surface area (Å²) in [5, 5.41) is 6.79. The van der Waals surface area contributed by atoms with E-state index in [9.17, 15) is 0 Å². The molecule has 2 aromatic heterocycles. The van der Waals surface area contributed by atoms with Crippen LogP contribution in [-0.2, 0) is 0 Å². The monoisotopic (exact) mass is 361 g/mol. The van der Waals surface area contributed by atoms with Crippen LogP contribution in [0.1, 0.15) is 5.76 Å². The molecule has 8 heteroatoms. The van der Waals surface area contributed by atoms with Crippen molar-refractivity contribution >= 4 is 33.3 Å². The van der Waals surface area contributed by atoms with Crippen LogP contribution in [0.2, 0.25) is 0 Å². The lowest BCUT2D eigenvalue weighted by atomic mass is 10.3. The molecule has 0 saturated heterocycles. The van der Waals surface area contributed by atoms with Gasteiger partial charge in [-0.2, -0.15) is 4.98 Å². The summed E-state index contributed by atoms with van der Waals surface area (Å²) >= 11 is 3.36. The highest BCUT2D eigenvalue weighted by molar-refractivity contribution is 9.10. The summed E-state index contributed by atoms with van der Waals surface area (Å²) in [7, 11) is 0. The molecule has 3 aromatic rings. The molecule has 0 amide bonds. The molecule has 0 saturated carbocycles. The number of benzene rings is 1. The van der Waals surface area contributed by atoms with Gasteiger partial charge in [-0.05, 0) is 31.2 Å². The quantitative estimate of drug-likeness (QED) is 0.731. The predicted molar refractivity (Wildman–Crippen MR) is 85.2 cm³/mol. The van der Waals surface area contributed by atoms with Gasteiger partial charge in [-0.15, -0.1) is 0 Å². The standard InChI is InChI=1S/C14H12BrN5O2/c1-8-6-11(20-22-8)19-13-12(16)14(18-7-17-13)21-10-4-2-9(15)3-5-10/h2-7H,16H2,1H3,(H,17,18,19,20). The van der Waals surface area contributed by atoms with Crippen molar-refractivity contribution in [2.45, 2.75) is 6.92 Å². The van der Waals surface area contributed by atoms with Gasteiger partial charge < -0.3 is 20.3 Å². The molecular weight excluding hydrogens is 350 g/mol. The Balaban J connectivity index is 1.83. The van der Waals surface area contributed by atoms with Crippen molar-refractivity contribution in [2.75, 3.05) is 11.1 Å². The number of hydrogen-bond donors (Lipinski definition) is 2. The van der Waals surface area contributed by atoms with Crippen LogP contribution in [0.25, 0.3) is 0 Å². The smallest absolute Gasteiger partial charge is 0.248 e. The Labute approximate surface area is 134 Å². The lowest BCUT2D eigenvalue weighted by molar-refractivity contribution is 0.400. The van der Waals surface area contributed by atoms with Crippen LogP contribution in [-0.4, -0.2) is 15.1 Å². The number of nitrogens with two attached hydrogens (primary N) is 1. The maximum Gasteiger partial charge on any atom is 0.248 e. The molecule has 7 nitrogen and oxygen atoms in total. The normalized spacial score (nSPS) is 10.5. The van der Waals surface area contributed by atoms with Crippen molar-refractivity contribution in [3.05, 3.63) is 46.9 Å². The number of hydrogen-bond acceptors (Lipinski definition) is 7. The second-order valence-corrected chi connectivity index (χ2v) is 5.36. The molecule has 3 N–H and O–H groups in total. The van der Waals surface area contributed by atoms with Gasteiger partial charge in [0.2, 0.25) is 5.88 Å². The molecule has 2 heterocycles. The number of anilines is 3. The van der Waals surface area contributed by atoms with Crippen LogP contribution in [0.5, 0.6) is 11.6 Å². The summed E-state index contributed by atoms with van der Waals surface area (Å²) in [5.41, 5.74) is 6.32. The van der Waals surface area contributed by atoms with Crippen LogP contribution < -0.4 is 15.8 Å². The molecule has 0 aliphatic rings. The number of ether oxygens (including phenoxy) is 1. The molecule has 112 valence electrons. The van der Waals surface area contributed by atoms with Gasteiger partial charge in [0.05, 0.1) is 0 Å². The zero-order valence-corrected chi connectivity index (χ0v) is 13.2.